The van der Waals surface area contributed by atoms with Crippen LogP contribution in [0.2, 0.25) is 0 Å². The Bertz CT molecular complexity index is 407. The summed E-state index contributed by atoms with van der Waals surface area (Å²) in [7, 11) is 0. The SMILES string of the molecule is CC(=N[S+]([O-])C(C)C)c1ccc(F)cc1F. The normalized spacial score (nSPS) is 14.3. The molecule has 88 valence electrons. The van der Waals surface area contributed by atoms with E-state index in [-0.39, 0.29) is 10.8 Å². The quantitative estimate of drug-likeness (QED) is 0.595. The average Bonchev–Trinajstić information content (AvgIpc) is 2.16. The van der Waals surface area contributed by atoms with Crippen LogP contribution in [0.4, 0.5) is 8.78 Å². The molecule has 1 aromatic carbocycles. The lowest BCUT2D eigenvalue weighted by Crippen LogP contribution is -2.13. The first kappa shape index (κ1) is 13.1. The topological polar surface area (TPSA) is 35.4 Å². The molecule has 0 aliphatic carbocycles. The number of halogens is 2. The summed E-state index contributed by atoms with van der Waals surface area (Å²) in [6, 6.07) is 3.23. The fraction of sp³-hybridized carbons (Fsp3) is 0.364. The maximum Gasteiger partial charge on any atom is 0.137 e. The highest BCUT2D eigenvalue weighted by molar-refractivity contribution is 7.90. The van der Waals surface area contributed by atoms with Gasteiger partial charge in [0, 0.05) is 11.6 Å². The first-order chi connectivity index (χ1) is 7.41. The Balaban J connectivity index is 3.00. The molecule has 1 atom stereocenters. The minimum atomic E-state index is -1.39. The number of hydrogen-bond acceptors (Lipinski definition) is 2. The molecule has 1 aromatic rings. The minimum absolute atomic E-state index is 0.126. The van der Waals surface area contributed by atoms with E-state index in [0.717, 1.165) is 12.1 Å². The molecule has 0 heterocycles. The molecule has 2 nitrogen and oxygen atoms in total. The summed E-state index contributed by atoms with van der Waals surface area (Å²) in [5.74, 6) is -1.33. The summed E-state index contributed by atoms with van der Waals surface area (Å²) in [4.78, 5) is 0. The fourth-order valence-corrected chi connectivity index (χ4v) is 1.65. The van der Waals surface area contributed by atoms with Crippen molar-refractivity contribution >= 4 is 17.1 Å². The Kier molecular flexibility index (Phi) is 4.44. The Morgan fingerprint density at radius 3 is 2.50 bits per heavy atom. The molecule has 0 fully saturated rings. The van der Waals surface area contributed by atoms with Crippen molar-refractivity contribution in [1.29, 1.82) is 0 Å². The maximum atomic E-state index is 13.3. The zero-order valence-electron chi connectivity index (χ0n) is 9.33. The van der Waals surface area contributed by atoms with Crippen LogP contribution in [0.5, 0.6) is 0 Å². The van der Waals surface area contributed by atoms with E-state index >= 15 is 0 Å². The van der Waals surface area contributed by atoms with Gasteiger partial charge in [-0.1, -0.05) is 4.40 Å². The third-order valence-electron chi connectivity index (χ3n) is 1.95. The van der Waals surface area contributed by atoms with E-state index in [1.54, 1.807) is 20.8 Å². The molecule has 5 heteroatoms. The van der Waals surface area contributed by atoms with Crippen LogP contribution in [0.1, 0.15) is 26.3 Å². The third kappa shape index (κ3) is 3.28. The van der Waals surface area contributed by atoms with Gasteiger partial charge in [0.2, 0.25) is 0 Å². The Hall–Kier alpha value is -0.940. The minimum Gasteiger partial charge on any atom is -0.591 e. The van der Waals surface area contributed by atoms with Gasteiger partial charge in [0.15, 0.2) is 0 Å². The molecule has 0 aliphatic rings. The Labute approximate surface area is 96.7 Å². The molecule has 0 aromatic heterocycles. The molecule has 0 N–H and O–H groups in total. The molecule has 0 aliphatic heterocycles. The molecule has 0 bridgehead atoms. The monoisotopic (exact) mass is 245 g/mol. The van der Waals surface area contributed by atoms with E-state index in [9.17, 15) is 13.3 Å². The second-order valence-corrected chi connectivity index (χ2v) is 5.30. The predicted molar refractivity (Wildman–Crippen MR) is 61.8 cm³/mol. The van der Waals surface area contributed by atoms with Gasteiger partial charge < -0.3 is 4.55 Å². The van der Waals surface area contributed by atoms with Crippen molar-refractivity contribution in [2.24, 2.45) is 4.40 Å². The Morgan fingerprint density at radius 2 is 2.00 bits per heavy atom. The van der Waals surface area contributed by atoms with Crippen molar-refractivity contribution in [1.82, 2.24) is 0 Å². The van der Waals surface area contributed by atoms with Crippen LogP contribution in [-0.2, 0) is 11.4 Å². The fourth-order valence-electron chi connectivity index (χ4n) is 1.07. The summed E-state index contributed by atoms with van der Waals surface area (Å²) < 4.78 is 41.3. The number of hydrogen-bond donors (Lipinski definition) is 0. The zero-order valence-corrected chi connectivity index (χ0v) is 10.1. The van der Waals surface area contributed by atoms with Gasteiger partial charge in [-0.2, -0.15) is 0 Å². The van der Waals surface area contributed by atoms with Gasteiger partial charge >= 0.3 is 0 Å². The van der Waals surface area contributed by atoms with Crippen molar-refractivity contribution in [2.75, 3.05) is 0 Å². The van der Waals surface area contributed by atoms with Gasteiger partial charge in [-0.25, -0.2) is 8.78 Å². The van der Waals surface area contributed by atoms with Gasteiger partial charge in [0.25, 0.3) is 0 Å². The summed E-state index contributed by atoms with van der Waals surface area (Å²) in [5.41, 5.74) is 0.486. The van der Waals surface area contributed by atoms with Crippen molar-refractivity contribution in [3.05, 3.63) is 35.4 Å². The smallest absolute Gasteiger partial charge is 0.137 e. The molecule has 0 spiro atoms. The van der Waals surface area contributed by atoms with Gasteiger partial charge in [0.1, 0.15) is 16.9 Å². The van der Waals surface area contributed by atoms with Gasteiger partial charge in [-0.15, -0.1) is 0 Å². The Morgan fingerprint density at radius 1 is 1.38 bits per heavy atom. The van der Waals surface area contributed by atoms with Crippen LogP contribution >= 0.6 is 0 Å². The van der Waals surface area contributed by atoms with Crippen LogP contribution in [0.15, 0.2) is 22.6 Å². The van der Waals surface area contributed by atoms with Crippen molar-refractivity contribution < 1.29 is 13.3 Å². The lowest BCUT2D eigenvalue weighted by molar-refractivity contribution is 0.581. The summed E-state index contributed by atoms with van der Waals surface area (Å²) in [5, 5.41) is -0.126. The average molecular weight is 245 g/mol. The lowest BCUT2D eigenvalue weighted by Gasteiger charge is -2.08. The molecule has 0 radical (unpaired) electrons. The van der Waals surface area contributed by atoms with Crippen LogP contribution < -0.4 is 0 Å². The van der Waals surface area contributed by atoms with E-state index in [0.29, 0.717) is 5.71 Å². The maximum absolute atomic E-state index is 13.3. The second kappa shape index (κ2) is 5.41. The molecule has 1 rings (SSSR count). The largest absolute Gasteiger partial charge is 0.591 e. The highest BCUT2D eigenvalue weighted by atomic mass is 32.2. The zero-order chi connectivity index (χ0) is 12.3. The van der Waals surface area contributed by atoms with Crippen LogP contribution in [0.25, 0.3) is 0 Å². The van der Waals surface area contributed by atoms with E-state index in [1.165, 1.54) is 6.07 Å². The number of nitrogens with zero attached hydrogens (tertiary/aromatic N) is 1. The number of benzene rings is 1. The van der Waals surface area contributed by atoms with Crippen LogP contribution in [-0.4, -0.2) is 15.5 Å². The molecule has 16 heavy (non-hydrogen) atoms. The highest BCUT2D eigenvalue weighted by Crippen LogP contribution is 2.13. The van der Waals surface area contributed by atoms with Gasteiger partial charge in [0.05, 0.1) is 17.1 Å². The van der Waals surface area contributed by atoms with Crippen LogP contribution in [0.3, 0.4) is 0 Å². The molecular weight excluding hydrogens is 232 g/mol. The van der Waals surface area contributed by atoms with Crippen molar-refractivity contribution in [2.45, 2.75) is 26.0 Å². The van der Waals surface area contributed by atoms with E-state index in [4.69, 9.17) is 0 Å². The number of rotatable bonds is 3. The standard InChI is InChI=1S/C11H13F2NOS/c1-7(2)16(15)14-8(3)10-5-4-9(12)6-11(10)13/h4-7H,1-3H3. The summed E-state index contributed by atoms with van der Waals surface area (Å²) in [6.07, 6.45) is 0. The van der Waals surface area contributed by atoms with E-state index in [2.05, 4.69) is 4.40 Å². The summed E-state index contributed by atoms with van der Waals surface area (Å²) >= 11 is -1.39. The van der Waals surface area contributed by atoms with Crippen LogP contribution in [0, 0.1) is 11.6 Å². The first-order valence-electron chi connectivity index (χ1n) is 4.83. The second-order valence-electron chi connectivity index (χ2n) is 3.63. The van der Waals surface area contributed by atoms with Crippen molar-refractivity contribution in [3.8, 4) is 0 Å². The molecule has 1 unspecified atom stereocenters. The van der Waals surface area contributed by atoms with E-state index < -0.39 is 23.0 Å². The first-order valence-corrected chi connectivity index (χ1v) is 6.00. The van der Waals surface area contributed by atoms with Crippen molar-refractivity contribution in [3.63, 3.8) is 0 Å². The lowest BCUT2D eigenvalue weighted by atomic mass is 10.1. The van der Waals surface area contributed by atoms with Gasteiger partial charge in [-0.3, -0.25) is 0 Å². The molecular formula is C11H13F2NOS. The molecule has 0 saturated carbocycles. The predicted octanol–water partition coefficient (Wildman–Crippen LogP) is 2.85. The van der Waals surface area contributed by atoms with Gasteiger partial charge in [-0.05, 0) is 32.9 Å². The molecule has 0 saturated heterocycles. The third-order valence-corrected chi connectivity index (χ3v) is 3.21. The molecule has 0 amide bonds. The highest BCUT2D eigenvalue weighted by Gasteiger charge is 2.14. The summed E-state index contributed by atoms with van der Waals surface area (Å²) in [6.45, 7) is 5.07. The van der Waals surface area contributed by atoms with E-state index in [1.807, 2.05) is 0 Å².